The summed E-state index contributed by atoms with van der Waals surface area (Å²) < 4.78 is 28.8. The summed E-state index contributed by atoms with van der Waals surface area (Å²) in [5.41, 5.74) is 3.25. The molecule has 0 N–H and O–H groups in total. The van der Waals surface area contributed by atoms with Crippen LogP contribution in [0.15, 0.2) is 111 Å². The van der Waals surface area contributed by atoms with E-state index < -0.39 is 12.0 Å². The number of rotatable bonds is 8. The first kappa shape index (κ1) is 32.4. The van der Waals surface area contributed by atoms with Crippen LogP contribution in [0.4, 0.5) is 4.39 Å². The summed E-state index contributed by atoms with van der Waals surface area (Å²) in [7, 11) is 0. The van der Waals surface area contributed by atoms with Crippen LogP contribution in [0.1, 0.15) is 35.2 Å². The number of hydrogen-bond donors (Lipinski definition) is 0. The molecule has 1 atom stereocenters. The van der Waals surface area contributed by atoms with E-state index >= 15 is 0 Å². The summed E-state index contributed by atoms with van der Waals surface area (Å²) in [6, 6.07) is 25.5. The van der Waals surface area contributed by atoms with Crippen molar-refractivity contribution in [3.63, 3.8) is 0 Å². The van der Waals surface area contributed by atoms with Crippen molar-refractivity contribution in [3.8, 4) is 5.75 Å². The molecule has 0 amide bonds. The second-order valence-corrected chi connectivity index (χ2v) is 13.7. The molecule has 1 aromatic heterocycles. The standard InChI is InChI=1S/C35H24BrClFIN2O4S/c1-2-44-34(43)29-30(21-6-4-3-5-7-21)40-35-41(31(29)22-10-12-25(37)13-11-22)33(42)28(46-35)17-23-16-24(36)18-27(39)32(23)45-19-20-8-14-26(38)15-9-20/h3-18,31H,2,19H2,1H3/b28-17-/t31-/m0/s1. The smallest absolute Gasteiger partial charge is 0.338 e. The quantitative estimate of drug-likeness (QED) is 0.119. The van der Waals surface area contributed by atoms with E-state index in [9.17, 15) is 14.0 Å². The molecule has 6 nitrogen and oxygen atoms in total. The van der Waals surface area contributed by atoms with Crippen LogP contribution in [0.2, 0.25) is 5.02 Å². The molecule has 0 aliphatic carbocycles. The predicted molar refractivity (Wildman–Crippen MR) is 190 cm³/mol. The molecular weight excluding hydrogens is 806 g/mol. The Labute approximate surface area is 294 Å². The Morgan fingerprint density at radius 3 is 2.50 bits per heavy atom. The van der Waals surface area contributed by atoms with E-state index in [-0.39, 0.29) is 30.2 Å². The molecular formula is C35H24BrClFIN2O4S. The highest BCUT2D eigenvalue weighted by Crippen LogP contribution is 2.36. The van der Waals surface area contributed by atoms with E-state index in [1.54, 1.807) is 54.0 Å². The first-order valence-corrected chi connectivity index (χ1v) is 17.2. The number of benzene rings is 4. The van der Waals surface area contributed by atoms with Crippen LogP contribution in [-0.2, 0) is 16.1 Å². The topological polar surface area (TPSA) is 69.9 Å². The van der Waals surface area contributed by atoms with Gasteiger partial charge in [0.25, 0.3) is 5.56 Å². The van der Waals surface area contributed by atoms with Crippen molar-refractivity contribution in [2.24, 2.45) is 4.99 Å². The van der Waals surface area contributed by atoms with Crippen molar-refractivity contribution in [1.29, 1.82) is 0 Å². The maximum atomic E-state index is 14.3. The van der Waals surface area contributed by atoms with E-state index in [0.29, 0.717) is 36.9 Å². The molecule has 6 rings (SSSR count). The molecule has 0 radical (unpaired) electrons. The number of thiazole rings is 1. The first-order chi connectivity index (χ1) is 22.2. The Balaban J connectivity index is 1.55. The van der Waals surface area contributed by atoms with E-state index in [1.807, 2.05) is 42.5 Å². The molecule has 11 heteroatoms. The van der Waals surface area contributed by atoms with Gasteiger partial charge in [-0.2, -0.15) is 0 Å². The van der Waals surface area contributed by atoms with Crippen LogP contribution in [0, 0.1) is 9.39 Å². The summed E-state index contributed by atoms with van der Waals surface area (Å²) >= 11 is 13.2. The van der Waals surface area contributed by atoms with Gasteiger partial charge in [0.2, 0.25) is 0 Å². The summed E-state index contributed by atoms with van der Waals surface area (Å²) in [5.74, 6) is -0.306. The molecule has 1 aliphatic heterocycles. The fourth-order valence-electron chi connectivity index (χ4n) is 5.12. The highest BCUT2D eigenvalue weighted by molar-refractivity contribution is 14.1. The van der Waals surface area contributed by atoms with Gasteiger partial charge in [-0.3, -0.25) is 9.36 Å². The Morgan fingerprint density at radius 2 is 1.80 bits per heavy atom. The van der Waals surface area contributed by atoms with Gasteiger partial charge in [0.05, 0.1) is 32.0 Å². The summed E-state index contributed by atoms with van der Waals surface area (Å²) in [6.07, 6.45) is 1.77. The molecule has 2 heterocycles. The minimum Gasteiger partial charge on any atom is -0.487 e. The Morgan fingerprint density at radius 1 is 1.09 bits per heavy atom. The van der Waals surface area contributed by atoms with Crippen LogP contribution >= 0.6 is 61.5 Å². The zero-order valence-electron chi connectivity index (χ0n) is 24.2. The monoisotopic (exact) mass is 828 g/mol. The molecule has 4 aromatic carbocycles. The van der Waals surface area contributed by atoms with Gasteiger partial charge in [-0.15, -0.1) is 0 Å². The average Bonchev–Trinajstić information content (AvgIpc) is 3.35. The molecule has 0 bridgehead atoms. The van der Waals surface area contributed by atoms with Crippen LogP contribution in [0.5, 0.6) is 5.75 Å². The molecule has 0 saturated carbocycles. The second-order valence-electron chi connectivity index (χ2n) is 10.2. The predicted octanol–water partition coefficient (Wildman–Crippen LogP) is 7.67. The van der Waals surface area contributed by atoms with Gasteiger partial charge in [0.1, 0.15) is 18.2 Å². The van der Waals surface area contributed by atoms with Crippen molar-refractivity contribution < 1.29 is 18.7 Å². The maximum Gasteiger partial charge on any atom is 0.338 e. The lowest BCUT2D eigenvalue weighted by Crippen LogP contribution is -2.40. The summed E-state index contributed by atoms with van der Waals surface area (Å²) in [6.45, 7) is 2.10. The largest absolute Gasteiger partial charge is 0.487 e. The summed E-state index contributed by atoms with van der Waals surface area (Å²) in [4.78, 5) is 33.3. The van der Waals surface area contributed by atoms with Crippen molar-refractivity contribution in [3.05, 3.63) is 157 Å². The van der Waals surface area contributed by atoms with Crippen LogP contribution < -0.4 is 19.6 Å². The lowest BCUT2D eigenvalue weighted by Gasteiger charge is -2.26. The third-order valence-corrected chi connectivity index (χ3v) is 9.67. The van der Waals surface area contributed by atoms with Gasteiger partial charge in [-0.1, -0.05) is 93.5 Å². The number of hydrogen-bond acceptors (Lipinski definition) is 6. The first-order valence-electron chi connectivity index (χ1n) is 14.1. The molecule has 46 heavy (non-hydrogen) atoms. The van der Waals surface area contributed by atoms with E-state index in [0.717, 1.165) is 19.2 Å². The van der Waals surface area contributed by atoms with Crippen LogP contribution in [0.3, 0.4) is 0 Å². The van der Waals surface area contributed by atoms with Crippen LogP contribution in [-0.4, -0.2) is 17.1 Å². The van der Waals surface area contributed by atoms with E-state index in [1.165, 1.54) is 23.5 Å². The summed E-state index contributed by atoms with van der Waals surface area (Å²) in [5, 5.41) is 0.526. The van der Waals surface area contributed by atoms with Gasteiger partial charge < -0.3 is 9.47 Å². The number of ether oxygens (including phenoxy) is 2. The van der Waals surface area contributed by atoms with E-state index in [4.69, 9.17) is 26.1 Å². The number of nitrogens with zero attached hydrogens (tertiary/aromatic N) is 2. The molecule has 0 spiro atoms. The fraction of sp³-hybridized carbons (Fsp3) is 0.114. The minimum atomic E-state index is -0.818. The van der Waals surface area contributed by atoms with Crippen molar-refractivity contribution in [2.45, 2.75) is 19.6 Å². The second kappa shape index (κ2) is 14.0. The number of halogens is 4. The molecule has 0 fully saturated rings. The average molecular weight is 830 g/mol. The Kier molecular flexibility index (Phi) is 9.88. The van der Waals surface area contributed by atoms with E-state index in [2.05, 4.69) is 38.5 Å². The zero-order valence-corrected chi connectivity index (χ0v) is 29.5. The lowest BCUT2D eigenvalue weighted by molar-refractivity contribution is -0.138. The Hall–Kier alpha value is -3.58. The van der Waals surface area contributed by atoms with Gasteiger partial charge in [0, 0.05) is 20.6 Å². The number of carbonyl (C=O) groups excluding carboxylic acids is 1. The third-order valence-electron chi connectivity index (χ3n) is 7.18. The minimum absolute atomic E-state index is 0.157. The van der Waals surface area contributed by atoms with Gasteiger partial charge in [-0.05, 0) is 83.1 Å². The SMILES string of the molecule is CCOC(=O)C1=C(c2ccccc2)N=c2s/c(=C\c3cc(Br)cc(I)c3OCc3ccc(F)cc3)c(=O)n2[C@H]1c1ccc(Cl)cc1. The molecule has 0 saturated heterocycles. The highest BCUT2D eigenvalue weighted by atomic mass is 127. The molecule has 232 valence electrons. The highest BCUT2D eigenvalue weighted by Gasteiger charge is 2.35. The zero-order chi connectivity index (χ0) is 32.4. The van der Waals surface area contributed by atoms with Gasteiger partial charge in [-0.25, -0.2) is 14.2 Å². The lowest BCUT2D eigenvalue weighted by atomic mass is 9.93. The Bertz CT molecular complexity index is 2150. The number of esters is 1. The van der Waals surface area contributed by atoms with Gasteiger partial charge >= 0.3 is 5.97 Å². The van der Waals surface area contributed by atoms with Crippen molar-refractivity contribution >= 4 is 79.2 Å². The third kappa shape index (κ3) is 6.76. The van der Waals surface area contributed by atoms with Gasteiger partial charge in [0.15, 0.2) is 4.80 Å². The van der Waals surface area contributed by atoms with Crippen molar-refractivity contribution in [1.82, 2.24) is 4.57 Å². The van der Waals surface area contributed by atoms with Crippen LogP contribution in [0.25, 0.3) is 11.8 Å². The number of aromatic nitrogens is 1. The molecule has 0 unspecified atom stereocenters. The van der Waals surface area contributed by atoms with Crippen molar-refractivity contribution in [2.75, 3.05) is 6.61 Å². The maximum absolute atomic E-state index is 14.3. The number of fused-ring (bicyclic) bond motifs is 1. The molecule has 1 aliphatic rings. The normalized spacial score (nSPS) is 14.5. The fourth-order valence-corrected chi connectivity index (χ4v) is 7.94. The number of carbonyl (C=O) groups is 1. The molecule has 5 aromatic rings.